The number of hydrogen-bond acceptors (Lipinski definition) is 3. The SMILES string of the molecule is CC(C)COC1=CC(=O)C(Cc2cccc(CCO[Si](C(C)C)(C(C)C)C(C)C)c2)C1. The van der Waals surface area contributed by atoms with Crippen LogP contribution in [-0.4, -0.2) is 27.3 Å². The molecule has 1 atom stereocenters. The lowest BCUT2D eigenvalue weighted by atomic mass is 9.95. The van der Waals surface area contributed by atoms with Gasteiger partial charge in [-0.2, -0.15) is 0 Å². The van der Waals surface area contributed by atoms with Gasteiger partial charge in [-0.25, -0.2) is 0 Å². The Kier molecular flexibility index (Phi) is 9.57. The molecule has 0 fully saturated rings. The fourth-order valence-electron chi connectivity index (χ4n) is 5.27. The van der Waals surface area contributed by atoms with Crippen LogP contribution in [0.25, 0.3) is 0 Å². The van der Waals surface area contributed by atoms with Crippen molar-refractivity contribution < 1.29 is 14.0 Å². The van der Waals surface area contributed by atoms with Gasteiger partial charge in [-0.05, 0) is 46.5 Å². The Bertz CT molecular complexity index is 727. The van der Waals surface area contributed by atoms with Gasteiger partial charge in [-0.1, -0.05) is 79.7 Å². The Morgan fingerprint density at radius 3 is 2.16 bits per heavy atom. The first-order valence-corrected chi connectivity index (χ1v) is 14.3. The number of allylic oxidation sites excluding steroid dienone is 2. The van der Waals surface area contributed by atoms with Gasteiger partial charge in [-0.15, -0.1) is 0 Å². The van der Waals surface area contributed by atoms with Gasteiger partial charge in [0.05, 0.1) is 6.61 Å². The molecule has 0 saturated carbocycles. The minimum absolute atomic E-state index is 0.0107. The van der Waals surface area contributed by atoms with Crippen LogP contribution < -0.4 is 0 Å². The number of rotatable bonds is 12. The average molecular weight is 445 g/mol. The van der Waals surface area contributed by atoms with Crippen LogP contribution in [0.5, 0.6) is 0 Å². The molecule has 2 rings (SSSR count). The first kappa shape index (κ1) is 25.9. The number of carbonyl (C=O) groups is 1. The third-order valence-corrected chi connectivity index (χ3v) is 12.8. The van der Waals surface area contributed by atoms with Crippen molar-refractivity contribution in [2.45, 2.75) is 91.3 Å². The number of carbonyl (C=O) groups excluding carboxylic acids is 1. The van der Waals surface area contributed by atoms with Gasteiger partial charge in [0.25, 0.3) is 0 Å². The topological polar surface area (TPSA) is 35.5 Å². The predicted octanol–water partition coefficient (Wildman–Crippen LogP) is 7.11. The zero-order valence-corrected chi connectivity index (χ0v) is 22.0. The van der Waals surface area contributed by atoms with Gasteiger partial charge in [0.1, 0.15) is 5.76 Å². The van der Waals surface area contributed by atoms with Crippen LogP contribution >= 0.6 is 0 Å². The summed E-state index contributed by atoms with van der Waals surface area (Å²) in [6.45, 7) is 19.7. The molecular formula is C27H44O3Si. The van der Waals surface area contributed by atoms with E-state index < -0.39 is 8.32 Å². The summed E-state index contributed by atoms with van der Waals surface area (Å²) in [5.74, 6) is 1.54. The fourth-order valence-corrected chi connectivity index (χ4v) is 10.7. The summed E-state index contributed by atoms with van der Waals surface area (Å²) < 4.78 is 12.5. The first-order chi connectivity index (χ1) is 14.6. The molecule has 1 aromatic rings. The summed E-state index contributed by atoms with van der Waals surface area (Å²) in [7, 11) is -1.82. The fraction of sp³-hybridized carbons (Fsp3) is 0.667. The Morgan fingerprint density at radius 1 is 0.968 bits per heavy atom. The van der Waals surface area contributed by atoms with E-state index in [2.05, 4.69) is 79.7 Å². The van der Waals surface area contributed by atoms with Crippen LogP contribution in [0.1, 0.15) is 72.9 Å². The van der Waals surface area contributed by atoms with Gasteiger partial charge in [0.15, 0.2) is 14.1 Å². The van der Waals surface area contributed by atoms with Crippen LogP contribution in [0, 0.1) is 11.8 Å². The minimum Gasteiger partial charge on any atom is -0.498 e. The molecule has 31 heavy (non-hydrogen) atoms. The Labute approximate surface area is 191 Å². The highest BCUT2D eigenvalue weighted by atomic mass is 28.4. The molecule has 1 aliphatic carbocycles. The van der Waals surface area contributed by atoms with Crippen molar-refractivity contribution in [1.82, 2.24) is 0 Å². The normalized spacial score (nSPS) is 17.4. The lowest BCUT2D eigenvalue weighted by Gasteiger charge is -2.42. The Hall–Kier alpha value is -1.39. The van der Waals surface area contributed by atoms with Crippen LogP contribution in [0.15, 0.2) is 36.1 Å². The van der Waals surface area contributed by atoms with Crippen LogP contribution in [-0.2, 0) is 26.8 Å². The van der Waals surface area contributed by atoms with E-state index in [4.69, 9.17) is 9.16 Å². The molecule has 4 heteroatoms. The summed E-state index contributed by atoms with van der Waals surface area (Å²) in [5.41, 5.74) is 4.34. The summed E-state index contributed by atoms with van der Waals surface area (Å²) >= 11 is 0. The highest BCUT2D eigenvalue weighted by molar-refractivity contribution is 6.77. The Morgan fingerprint density at radius 2 is 1.58 bits per heavy atom. The maximum atomic E-state index is 12.4. The Balaban J connectivity index is 1.95. The molecule has 0 heterocycles. The van der Waals surface area contributed by atoms with Crippen molar-refractivity contribution in [2.24, 2.45) is 11.8 Å². The summed E-state index contributed by atoms with van der Waals surface area (Å²) in [5, 5.41) is 0. The molecule has 0 aliphatic heterocycles. The zero-order valence-electron chi connectivity index (χ0n) is 21.0. The van der Waals surface area contributed by atoms with E-state index in [0.29, 0.717) is 29.1 Å². The molecule has 0 aromatic heterocycles. The van der Waals surface area contributed by atoms with E-state index >= 15 is 0 Å². The van der Waals surface area contributed by atoms with E-state index in [1.807, 2.05) is 0 Å². The maximum absolute atomic E-state index is 12.4. The predicted molar refractivity (Wildman–Crippen MR) is 133 cm³/mol. The lowest BCUT2D eigenvalue weighted by Crippen LogP contribution is -2.48. The van der Waals surface area contributed by atoms with Gasteiger partial charge in [0.2, 0.25) is 0 Å². The van der Waals surface area contributed by atoms with Crippen molar-refractivity contribution in [3.63, 3.8) is 0 Å². The van der Waals surface area contributed by atoms with Gasteiger partial charge < -0.3 is 9.16 Å². The highest BCUT2D eigenvalue weighted by Gasteiger charge is 2.44. The average Bonchev–Trinajstić information content (AvgIpc) is 3.02. The maximum Gasteiger partial charge on any atom is 0.200 e. The smallest absolute Gasteiger partial charge is 0.200 e. The largest absolute Gasteiger partial charge is 0.498 e. The molecule has 1 aliphatic rings. The van der Waals surface area contributed by atoms with E-state index in [-0.39, 0.29) is 11.7 Å². The number of hydrogen-bond donors (Lipinski definition) is 0. The van der Waals surface area contributed by atoms with Crippen molar-refractivity contribution in [3.8, 4) is 0 Å². The number of ether oxygens (including phenoxy) is 1. The van der Waals surface area contributed by atoms with Crippen molar-refractivity contribution in [2.75, 3.05) is 13.2 Å². The van der Waals surface area contributed by atoms with Gasteiger partial charge in [-0.3, -0.25) is 4.79 Å². The minimum atomic E-state index is -1.82. The quantitative estimate of drug-likeness (QED) is 0.322. The van der Waals surface area contributed by atoms with Crippen LogP contribution in [0.3, 0.4) is 0 Å². The van der Waals surface area contributed by atoms with Crippen molar-refractivity contribution in [1.29, 1.82) is 0 Å². The second-order valence-electron chi connectivity index (χ2n) is 10.6. The molecular weight excluding hydrogens is 400 g/mol. The zero-order chi connectivity index (χ0) is 23.2. The van der Waals surface area contributed by atoms with Crippen LogP contribution in [0.4, 0.5) is 0 Å². The van der Waals surface area contributed by atoms with Crippen molar-refractivity contribution in [3.05, 3.63) is 47.2 Å². The third-order valence-electron chi connectivity index (χ3n) is 6.68. The van der Waals surface area contributed by atoms with Gasteiger partial charge >= 0.3 is 0 Å². The van der Waals surface area contributed by atoms with E-state index in [9.17, 15) is 4.79 Å². The molecule has 0 saturated heterocycles. The monoisotopic (exact) mass is 444 g/mol. The number of ketones is 1. The molecule has 0 radical (unpaired) electrons. The first-order valence-electron chi connectivity index (χ1n) is 12.1. The van der Waals surface area contributed by atoms with Crippen LogP contribution in [0.2, 0.25) is 16.6 Å². The van der Waals surface area contributed by atoms with E-state index in [0.717, 1.165) is 31.6 Å². The second-order valence-corrected chi connectivity index (χ2v) is 16.0. The lowest BCUT2D eigenvalue weighted by molar-refractivity contribution is -0.117. The molecule has 0 N–H and O–H groups in total. The molecule has 0 spiro atoms. The molecule has 1 unspecified atom stereocenters. The molecule has 0 amide bonds. The van der Waals surface area contributed by atoms with E-state index in [1.54, 1.807) is 6.08 Å². The molecule has 174 valence electrons. The standard InChI is InChI=1S/C27H44O3Si/c1-19(2)18-29-26-16-25(27(28)17-26)15-24-11-9-10-23(14-24)12-13-30-31(20(3)4,21(5)6)22(7)8/h9-11,14,17,19-22,25H,12-13,15-16,18H2,1-8H3. The summed E-state index contributed by atoms with van der Waals surface area (Å²) in [6, 6.07) is 8.70. The third kappa shape index (κ3) is 6.79. The molecule has 0 bridgehead atoms. The highest BCUT2D eigenvalue weighted by Crippen LogP contribution is 2.42. The second kappa shape index (κ2) is 11.5. The molecule has 1 aromatic carbocycles. The summed E-state index contributed by atoms with van der Waals surface area (Å²) in [6.07, 6.45) is 4.14. The van der Waals surface area contributed by atoms with E-state index in [1.165, 1.54) is 11.1 Å². The van der Waals surface area contributed by atoms with Gasteiger partial charge in [0, 0.05) is 25.0 Å². The van der Waals surface area contributed by atoms with Crippen molar-refractivity contribution >= 4 is 14.1 Å². The summed E-state index contributed by atoms with van der Waals surface area (Å²) in [4.78, 5) is 12.4. The molecule has 3 nitrogen and oxygen atoms in total. The number of benzene rings is 1.